The van der Waals surface area contributed by atoms with Crippen LogP contribution in [0.5, 0.6) is 0 Å². The lowest BCUT2D eigenvalue weighted by atomic mass is 10.0. The Bertz CT molecular complexity index is 817. The number of urea groups is 1. The largest absolute Gasteiger partial charge is 0.328 e. The fraction of sp³-hybridized carbons (Fsp3) is 0.375. The molecule has 1 heterocycles. The van der Waals surface area contributed by atoms with Crippen LogP contribution in [0.1, 0.15) is 29.5 Å². The standard InChI is InChI=1S/C24H29N3O/c1-20-9-11-22(12-10-20)24(13-14-24)25-23(28)27-18-16-26(17-19-27)15-5-8-21-6-3-2-4-7-21/h2-12H,13-19H2,1H3,(H,25,28)/b8-5+. The molecule has 2 aromatic carbocycles. The molecule has 4 rings (SSSR count). The van der Waals surface area contributed by atoms with Crippen molar-refractivity contribution in [1.29, 1.82) is 0 Å². The van der Waals surface area contributed by atoms with Crippen LogP contribution in [0.15, 0.2) is 60.7 Å². The second kappa shape index (κ2) is 8.19. The van der Waals surface area contributed by atoms with Crippen molar-refractivity contribution in [3.8, 4) is 0 Å². The van der Waals surface area contributed by atoms with E-state index in [1.165, 1.54) is 16.7 Å². The Labute approximate surface area is 167 Å². The van der Waals surface area contributed by atoms with Crippen molar-refractivity contribution in [2.45, 2.75) is 25.3 Å². The van der Waals surface area contributed by atoms with Gasteiger partial charge in [-0.15, -0.1) is 0 Å². The third kappa shape index (κ3) is 4.45. The minimum Gasteiger partial charge on any atom is -0.328 e. The van der Waals surface area contributed by atoms with E-state index in [-0.39, 0.29) is 11.6 Å². The highest BCUT2D eigenvalue weighted by molar-refractivity contribution is 5.76. The summed E-state index contributed by atoms with van der Waals surface area (Å²) in [7, 11) is 0. The summed E-state index contributed by atoms with van der Waals surface area (Å²) in [5.41, 5.74) is 3.58. The summed E-state index contributed by atoms with van der Waals surface area (Å²) in [4.78, 5) is 17.1. The van der Waals surface area contributed by atoms with Gasteiger partial charge in [0.25, 0.3) is 0 Å². The number of benzene rings is 2. The molecule has 0 unspecified atom stereocenters. The van der Waals surface area contributed by atoms with Crippen molar-refractivity contribution in [1.82, 2.24) is 15.1 Å². The van der Waals surface area contributed by atoms with Gasteiger partial charge in [0, 0.05) is 32.7 Å². The molecule has 28 heavy (non-hydrogen) atoms. The first-order valence-corrected chi connectivity index (χ1v) is 10.2. The number of piperazine rings is 1. The first kappa shape index (κ1) is 18.8. The SMILES string of the molecule is Cc1ccc(C2(NC(=O)N3CCN(C/C=C/c4ccccc4)CC3)CC2)cc1. The summed E-state index contributed by atoms with van der Waals surface area (Å²) < 4.78 is 0. The summed E-state index contributed by atoms with van der Waals surface area (Å²) in [6.45, 7) is 6.44. The first-order chi connectivity index (χ1) is 13.6. The highest BCUT2D eigenvalue weighted by Crippen LogP contribution is 2.45. The molecule has 2 fully saturated rings. The number of hydrogen-bond acceptors (Lipinski definition) is 2. The van der Waals surface area contributed by atoms with Gasteiger partial charge in [0.05, 0.1) is 5.54 Å². The van der Waals surface area contributed by atoms with Crippen molar-refractivity contribution in [3.63, 3.8) is 0 Å². The highest BCUT2D eigenvalue weighted by Gasteiger charge is 2.46. The average Bonchev–Trinajstić information content (AvgIpc) is 3.50. The third-order valence-corrected chi connectivity index (χ3v) is 5.83. The van der Waals surface area contributed by atoms with E-state index in [9.17, 15) is 4.79 Å². The van der Waals surface area contributed by atoms with Crippen LogP contribution >= 0.6 is 0 Å². The van der Waals surface area contributed by atoms with Crippen molar-refractivity contribution in [3.05, 3.63) is 77.4 Å². The summed E-state index contributed by atoms with van der Waals surface area (Å²) in [6, 6.07) is 19.0. The van der Waals surface area contributed by atoms with E-state index < -0.39 is 0 Å². The van der Waals surface area contributed by atoms with Gasteiger partial charge in [0.1, 0.15) is 0 Å². The molecule has 2 amide bonds. The number of carbonyl (C=O) groups is 1. The van der Waals surface area contributed by atoms with Crippen LogP contribution in [0.4, 0.5) is 4.79 Å². The van der Waals surface area contributed by atoms with E-state index in [0.29, 0.717) is 0 Å². The fourth-order valence-electron chi connectivity index (χ4n) is 3.80. The van der Waals surface area contributed by atoms with Gasteiger partial charge in [-0.3, -0.25) is 4.90 Å². The summed E-state index contributed by atoms with van der Waals surface area (Å²) in [6.07, 6.45) is 6.44. The van der Waals surface area contributed by atoms with E-state index in [2.05, 4.69) is 77.8 Å². The monoisotopic (exact) mass is 375 g/mol. The van der Waals surface area contributed by atoms with Gasteiger partial charge in [-0.25, -0.2) is 4.79 Å². The Morgan fingerprint density at radius 3 is 2.32 bits per heavy atom. The Hall–Kier alpha value is -2.59. The first-order valence-electron chi connectivity index (χ1n) is 10.2. The van der Waals surface area contributed by atoms with Crippen LogP contribution in [0.2, 0.25) is 0 Å². The zero-order chi connectivity index (χ0) is 19.4. The number of rotatable bonds is 5. The minimum atomic E-state index is -0.139. The predicted octanol–water partition coefficient (Wildman–Crippen LogP) is 4.02. The van der Waals surface area contributed by atoms with Gasteiger partial charge in [0.15, 0.2) is 0 Å². The Kier molecular flexibility index (Phi) is 5.49. The molecule has 2 aromatic rings. The minimum absolute atomic E-state index is 0.0811. The molecule has 4 heteroatoms. The smallest absolute Gasteiger partial charge is 0.318 e. The fourth-order valence-corrected chi connectivity index (χ4v) is 3.80. The van der Waals surface area contributed by atoms with Crippen LogP contribution in [0.3, 0.4) is 0 Å². The number of amides is 2. The van der Waals surface area contributed by atoms with Gasteiger partial charge >= 0.3 is 6.03 Å². The molecule has 0 spiro atoms. The van der Waals surface area contributed by atoms with E-state index in [1.807, 2.05) is 11.0 Å². The molecule has 2 aliphatic rings. The number of hydrogen-bond donors (Lipinski definition) is 1. The van der Waals surface area contributed by atoms with Crippen LogP contribution in [-0.2, 0) is 5.54 Å². The van der Waals surface area contributed by atoms with Crippen LogP contribution in [0.25, 0.3) is 6.08 Å². The molecule has 1 N–H and O–H groups in total. The molecule has 1 aliphatic carbocycles. The molecule has 1 saturated heterocycles. The van der Waals surface area contributed by atoms with Gasteiger partial charge in [-0.05, 0) is 30.9 Å². The van der Waals surface area contributed by atoms with E-state index >= 15 is 0 Å². The second-order valence-electron chi connectivity index (χ2n) is 7.98. The highest BCUT2D eigenvalue weighted by atomic mass is 16.2. The normalized spacial score (nSPS) is 19.0. The summed E-state index contributed by atoms with van der Waals surface area (Å²) >= 11 is 0. The second-order valence-corrected chi connectivity index (χ2v) is 7.98. The van der Waals surface area contributed by atoms with Crippen molar-refractivity contribution in [2.24, 2.45) is 0 Å². The van der Waals surface area contributed by atoms with Gasteiger partial charge in [-0.2, -0.15) is 0 Å². The third-order valence-electron chi connectivity index (χ3n) is 5.83. The van der Waals surface area contributed by atoms with Gasteiger partial charge < -0.3 is 10.2 Å². The maximum Gasteiger partial charge on any atom is 0.318 e. The Morgan fingerprint density at radius 1 is 1.00 bits per heavy atom. The summed E-state index contributed by atoms with van der Waals surface area (Å²) in [5.74, 6) is 0. The van der Waals surface area contributed by atoms with Crippen LogP contribution in [0, 0.1) is 6.92 Å². The molecule has 0 aromatic heterocycles. The number of nitrogens with zero attached hydrogens (tertiary/aromatic N) is 2. The number of carbonyl (C=O) groups excluding carboxylic acids is 1. The molecule has 1 aliphatic heterocycles. The topological polar surface area (TPSA) is 35.6 Å². The quantitative estimate of drug-likeness (QED) is 0.857. The van der Waals surface area contributed by atoms with E-state index in [0.717, 1.165) is 45.6 Å². The molecule has 146 valence electrons. The molecule has 0 atom stereocenters. The lowest BCUT2D eigenvalue weighted by Crippen LogP contribution is -2.53. The lowest BCUT2D eigenvalue weighted by molar-refractivity contribution is 0.143. The van der Waals surface area contributed by atoms with E-state index in [1.54, 1.807) is 0 Å². The lowest BCUT2D eigenvalue weighted by Gasteiger charge is -2.35. The maximum atomic E-state index is 12.8. The zero-order valence-corrected chi connectivity index (χ0v) is 16.6. The van der Waals surface area contributed by atoms with Crippen LogP contribution < -0.4 is 5.32 Å². The molecule has 4 nitrogen and oxygen atoms in total. The number of nitrogens with one attached hydrogen (secondary N) is 1. The van der Waals surface area contributed by atoms with Crippen molar-refractivity contribution in [2.75, 3.05) is 32.7 Å². The van der Waals surface area contributed by atoms with Gasteiger partial charge in [0.2, 0.25) is 0 Å². The Morgan fingerprint density at radius 2 is 1.68 bits per heavy atom. The molecule has 0 radical (unpaired) electrons. The predicted molar refractivity (Wildman–Crippen MR) is 114 cm³/mol. The Balaban J connectivity index is 1.25. The van der Waals surface area contributed by atoms with Crippen LogP contribution in [-0.4, -0.2) is 48.6 Å². The van der Waals surface area contributed by atoms with E-state index in [4.69, 9.17) is 0 Å². The number of aryl methyl sites for hydroxylation is 1. The van der Waals surface area contributed by atoms with Crippen molar-refractivity contribution >= 4 is 12.1 Å². The summed E-state index contributed by atoms with van der Waals surface area (Å²) in [5, 5.41) is 3.31. The molecular formula is C24H29N3O. The molecular weight excluding hydrogens is 346 g/mol. The van der Waals surface area contributed by atoms with Crippen molar-refractivity contribution < 1.29 is 4.79 Å². The average molecular weight is 376 g/mol. The molecule has 0 bridgehead atoms. The molecule has 1 saturated carbocycles. The zero-order valence-electron chi connectivity index (χ0n) is 16.6. The van der Waals surface area contributed by atoms with Gasteiger partial charge in [-0.1, -0.05) is 72.3 Å². The maximum absolute atomic E-state index is 12.8.